The van der Waals surface area contributed by atoms with Crippen LogP contribution in [-0.2, 0) is 16.8 Å². The van der Waals surface area contributed by atoms with Crippen LogP contribution in [0.1, 0.15) is 5.56 Å². The number of hydrogen-bond donors (Lipinski definition) is 1. The zero-order chi connectivity index (χ0) is 8.10. The van der Waals surface area contributed by atoms with Crippen LogP contribution in [0.3, 0.4) is 0 Å². The first kappa shape index (κ1) is 11.0. The maximum absolute atomic E-state index is 8.54. The molecule has 1 N–H and O–H groups in total. The molecule has 65 valence electrons. The topological polar surface area (TPSA) is 35.8 Å². The molecular weight excluding hydrogens is 195 g/mol. The summed E-state index contributed by atoms with van der Waals surface area (Å²) in [4.78, 5) is 0. The molecule has 0 atom stereocenters. The van der Waals surface area contributed by atoms with E-state index < -0.39 is 0 Å². The molecule has 0 saturated carbocycles. The van der Waals surface area contributed by atoms with E-state index in [1.807, 2.05) is 12.1 Å². The summed E-state index contributed by atoms with van der Waals surface area (Å²) >= 11 is 0. The molecule has 2 nitrogen and oxygen atoms in total. The van der Waals surface area contributed by atoms with Crippen LogP contribution in [0.2, 0.25) is 0 Å². The summed E-state index contributed by atoms with van der Waals surface area (Å²) in [6.45, 7) is 4.28. The predicted molar refractivity (Wildman–Crippen MR) is 45.0 cm³/mol. The number of nitrogens with zero attached hydrogens (tertiary/aromatic N) is 1. The zero-order valence-corrected chi connectivity index (χ0v) is 7.55. The SMILES string of the molecule is [CH2-]CNc1cccc(C#N)c1.[Co]. The molecule has 0 saturated heterocycles. The molecule has 0 unspecified atom stereocenters. The fourth-order valence-electron chi connectivity index (χ4n) is 0.843. The summed E-state index contributed by atoms with van der Waals surface area (Å²) in [5.41, 5.74) is 1.61. The number of nitrogens with one attached hydrogen (secondary N) is 1. The van der Waals surface area contributed by atoms with Crippen molar-refractivity contribution >= 4 is 5.69 Å². The summed E-state index contributed by atoms with van der Waals surface area (Å²) < 4.78 is 0. The van der Waals surface area contributed by atoms with Crippen LogP contribution < -0.4 is 5.32 Å². The summed E-state index contributed by atoms with van der Waals surface area (Å²) in [6, 6.07) is 9.39. The first-order valence-electron chi connectivity index (χ1n) is 3.40. The second kappa shape index (κ2) is 5.64. The minimum atomic E-state index is 0. The van der Waals surface area contributed by atoms with Gasteiger partial charge < -0.3 is 12.2 Å². The Balaban J connectivity index is 0.00000121. The summed E-state index contributed by atoms with van der Waals surface area (Å²) in [7, 11) is 0. The third kappa shape index (κ3) is 2.95. The van der Waals surface area contributed by atoms with Gasteiger partial charge in [-0.15, -0.1) is 6.54 Å². The Morgan fingerprint density at radius 3 is 2.83 bits per heavy atom. The first-order valence-corrected chi connectivity index (χ1v) is 3.40. The van der Waals surface area contributed by atoms with Crippen molar-refractivity contribution in [2.45, 2.75) is 0 Å². The van der Waals surface area contributed by atoms with Gasteiger partial charge in [0.25, 0.3) is 0 Å². The molecular formula is C9H9CoN2-. The van der Waals surface area contributed by atoms with Crippen molar-refractivity contribution in [3.05, 3.63) is 36.8 Å². The van der Waals surface area contributed by atoms with E-state index in [1.165, 1.54) is 0 Å². The van der Waals surface area contributed by atoms with Gasteiger partial charge in [-0.25, -0.2) is 0 Å². The van der Waals surface area contributed by atoms with E-state index in [1.54, 1.807) is 12.1 Å². The average Bonchev–Trinajstić information content (AvgIpc) is 2.06. The summed E-state index contributed by atoms with van der Waals surface area (Å²) in [5, 5.41) is 11.6. The minimum absolute atomic E-state index is 0. The molecule has 0 bridgehead atoms. The number of anilines is 1. The van der Waals surface area contributed by atoms with E-state index in [4.69, 9.17) is 5.26 Å². The second-order valence-corrected chi connectivity index (χ2v) is 2.12. The van der Waals surface area contributed by atoms with Gasteiger partial charge in [0.15, 0.2) is 0 Å². The van der Waals surface area contributed by atoms with Crippen LogP contribution in [0, 0.1) is 18.3 Å². The quantitative estimate of drug-likeness (QED) is 0.745. The van der Waals surface area contributed by atoms with Crippen molar-refractivity contribution in [3.8, 4) is 6.07 Å². The number of benzene rings is 1. The Morgan fingerprint density at radius 1 is 1.50 bits per heavy atom. The number of rotatable bonds is 2. The van der Waals surface area contributed by atoms with Gasteiger partial charge in [-0.2, -0.15) is 5.26 Å². The smallest absolute Gasteiger partial charge is 0.0992 e. The van der Waals surface area contributed by atoms with Crippen molar-refractivity contribution in [2.24, 2.45) is 0 Å². The van der Waals surface area contributed by atoms with Gasteiger partial charge in [0.1, 0.15) is 0 Å². The van der Waals surface area contributed by atoms with Crippen LogP contribution in [-0.4, -0.2) is 6.54 Å². The standard InChI is InChI=1S/C9H9N2.Co/c1-2-11-9-5-3-4-8(6-9)7-10;/h3-6,11H,1-2H2;/q-1;. The molecule has 1 radical (unpaired) electrons. The summed E-state index contributed by atoms with van der Waals surface area (Å²) in [6.07, 6.45) is 0. The van der Waals surface area contributed by atoms with E-state index in [-0.39, 0.29) is 16.8 Å². The van der Waals surface area contributed by atoms with Gasteiger partial charge in [-0.3, -0.25) is 0 Å². The van der Waals surface area contributed by atoms with E-state index in [2.05, 4.69) is 18.3 Å². The van der Waals surface area contributed by atoms with Gasteiger partial charge >= 0.3 is 0 Å². The van der Waals surface area contributed by atoms with Crippen LogP contribution in [0.4, 0.5) is 5.69 Å². The maximum Gasteiger partial charge on any atom is 0.0992 e. The monoisotopic (exact) mass is 204 g/mol. The van der Waals surface area contributed by atoms with Crippen molar-refractivity contribution in [3.63, 3.8) is 0 Å². The average molecular weight is 204 g/mol. The fraction of sp³-hybridized carbons (Fsp3) is 0.111. The van der Waals surface area contributed by atoms with Crippen molar-refractivity contribution < 1.29 is 16.8 Å². The molecule has 0 amide bonds. The van der Waals surface area contributed by atoms with Crippen molar-refractivity contribution in [1.29, 1.82) is 5.26 Å². The Hall–Kier alpha value is -0.984. The van der Waals surface area contributed by atoms with Crippen LogP contribution >= 0.6 is 0 Å². The van der Waals surface area contributed by atoms with Crippen molar-refractivity contribution in [2.75, 3.05) is 11.9 Å². The fourth-order valence-corrected chi connectivity index (χ4v) is 0.843. The van der Waals surface area contributed by atoms with Crippen molar-refractivity contribution in [1.82, 2.24) is 0 Å². The normalized spacial score (nSPS) is 8.00. The Kier molecular flexibility index (Phi) is 5.18. The molecule has 0 aliphatic rings. The van der Waals surface area contributed by atoms with E-state index in [0.717, 1.165) is 5.69 Å². The van der Waals surface area contributed by atoms with Gasteiger partial charge in [-0.1, -0.05) is 6.07 Å². The third-order valence-electron chi connectivity index (χ3n) is 1.32. The molecule has 1 aromatic carbocycles. The molecule has 0 aliphatic carbocycles. The Morgan fingerprint density at radius 2 is 2.25 bits per heavy atom. The summed E-state index contributed by atoms with van der Waals surface area (Å²) in [5.74, 6) is 0. The minimum Gasteiger partial charge on any atom is -0.415 e. The predicted octanol–water partition coefficient (Wildman–Crippen LogP) is 1.80. The molecule has 0 spiro atoms. The largest absolute Gasteiger partial charge is 0.415 e. The Labute approximate surface area is 82.8 Å². The Bertz CT molecular complexity index is 278. The van der Waals surface area contributed by atoms with Gasteiger partial charge in [0.2, 0.25) is 0 Å². The van der Waals surface area contributed by atoms with Gasteiger partial charge in [0.05, 0.1) is 11.6 Å². The van der Waals surface area contributed by atoms with Crippen LogP contribution in [0.15, 0.2) is 24.3 Å². The van der Waals surface area contributed by atoms with E-state index in [0.29, 0.717) is 12.1 Å². The number of nitriles is 1. The molecule has 0 aliphatic heterocycles. The third-order valence-corrected chi connectivity index (χ3v) is 1.32. The van der Waals surface area contributed by atoms with E-state index >= 15 is 0 Å². The van der Waals surface area contributed by atoms with E-state index in [9.17, 15) is 0 Å². The maximum atomic E-state index is 8.54. The molecule has 0 aromatic heterocycles. The second-order valence-electron chi connectivity index (χ2n) is 2.12. The molecule has 0 fully saturated rings. The van der Waals surface area contributed by atoms with Crippen LogP contribution in [0.5, 0.6) is 0 Å². The number of hydrogen-bond acceptors (Lipinski definition) is 2. The molecule has 1 aromatic rings. The zero-order valence-electron chi connectivity index (χ0n) is 6.50. The first-order chi connectivity index (χ1) is 5.36. The van der Waals surface area contributed by atoms with Gasteiger partial charge in [0, 0.05) is 22.5 Å². The molecule has 1 rings (SSSR count). The van der Waals surface area contributed by atoms with Gasteiger partial charge in [-0.05, 0) is 18.2 Å². The molecule has 12 heavy (non-hydrogen) atoms. The molecule has 0 heterocycles. The molecule has 3 heteroatoms. The van der Waals surface area contributed by atoms with Crippen LogP contribution in [0.25, 0.3) is 0 Å².